The third-order valence-electron chi connectivity index (χ3n) is 6.80. The topological polar surface area (TPSA) is 86.8 Å². The van der Waals surface area contributed by atoms with Crippen LogP contribution in [-0.2, 0) is 32.6 Å². The van der Waals surface area contributed by atoms with Crippen molar-refractivity contribution in [3.05, 3.63) is 99.0 Å². The number of anilines is 1. The third kappa shape index (κ3) is 8.96. The number of carbonyl (C=O) groups is 2. The predicted octanol–water partition coefficient (Wildman–Crippen LogP) is 5.93. The molecule has 10 heteroatoms. The number of rotatable bonds is 13. The molecule has 220 valence electrons. The summed E-state index contributed by atoms with van der Waals surface area (Å²) in [5, 5.41) is 3.64. The molecule has 0 fully saturated rings. The van der Waals surface area contributed by atoms with E-state index in [4.69, 9.17) is 23.2 Å². The molecular formula is C31H37Cl2N3O4S. The van der Waals surface area contributed by atoms with Crippen LogP contribution in [0.1, 0.15) is 42.0 Å². The van der Waals surface area contributed by atoms with Crippen molar-refractivity contribution in [1.29, 1.82) is 0 Å². The monoisotopic (exact) mass is 617 g/mol. The Labute approximate surface area is 253 Å². The summed E-state index contributed by atoms with van der Waals surface area (Å²) in [6.07, 6.45) is 1.72. The number of nitrogens with zero attached hydrogens (tertiary/aromatic N) is 2. The summed E-state index contributed by atoms with van der Waals surface area (Å²) in [5.41, 5.74) is 3.78. The second kappa shape index (κ2) is 14.7. The second-order valence-corrected chi connectivity index (χ2v) is 12.8. The van der Waals surface area contributed by atoms with Gasteiger partial charge in [0.15, 0.2) is 0 Å². The maximum Gasteiger partial charge on any atom is 0.243 e. The van der Waals surface area contributed by atoms with Gasteiger partial charge in [-0.05, 0) is 62.1 Å². The van der Waals surface area contributed by atoms with Gasteiger partial charge in [0.05, 0.1) is 11.9 Å². The molecule has 0 aliphatic rings. The van der Waals surface area contributed by atoms with Crippen LogP contribution in [0.15, 0.2) is 66.7 Å². The molecule has 3 aromatic rings. The molecule has 0 aliphatic heterocycles. The van der Waals surface area contributed by atoms with Crippen LogP contribution in [0.3, 0.4) is 0 Å². The van der Waals surface area contributed by atoms with E-state index in [1.165, 1.54) is 9.21 Å². The van der Waals surface area contributed by atoms with E-state index in [1.54, 1.807) is 18.2 Å². The Hall–Kier alpha value is -3.07. The molecule has 0 bridgehead atoms. The molecule has 0 heterocycles. The van der Waals surface area contributed by atoms with Crippen LogP contribution in [0, 0.1) is 13.8 Å². The van der Waals surface area contributed by atoms with Crippen molar-refractivity contribution in [1.82, 2.24) is 10.2 Å². The van der Waals surface area contributed by atoms with Gasteiger partial charge in [0.1, 0.15) is 6.04 Å². The molecule has 0 saturated carbocycles. The summed E-state index contributed by atoms with van der Waals surface area (Å²) in [7, 11) is -3.60. The highest BCUT2D eigenvalue weighted by atomic mass is 35.5. The second-order valence-electron chi connectivity index (χ2n) is 10.1. The quantitative estimate of drug-likeness (QED) is 0.257. The molecule has 1 N–H and O–H groups in total. The molecule has 0 saturated heterocycles. The third-order valence-corrected chi connectivity index (χ3v) is 8.69. The highest BCUT2D eigenvalue weighted by Gasteiger charge is 2.31. The number of amides is 2. The van der Waals surface area contributed by atoms with Crippen molar-refractivity contribution in [3.63, 3.8) is 0 Å². The number of nitrogens with one attached hydrogen (secondary N) is 1. The summed E-state index contributed by atoms with van der Waals surface area (Å²) < 4.78 is 26.8. The van der Waals surface area contributed by atoms with Gasteiger partial charge in [-0.25, -0.2) is 8.42 Å². The van der Waals surface area contributed by atoms with Gasteiger partial charge in [0.2, 0.25) is 21.8 Å². The number of hydrogen-bond donors (Lipinski definition) is 1. The molecule has 0 aromatic heterocycles. The number of halogens is 2. The van der Waals surface area contributed by atoms with Crippen LogP contribution in [0.2, 0.25) is 10.0 Å². The predicted molar refractivity (Wildman–Crippen MR) is 167 cm³/mol. The highest BCUT2D eigenvalue weighted by molar-refractivity contribution is 7.92. The SMILES string of the molecule is CCNC(=O)[C@H](Cc1ccccc1)N(Cc1c(Cl)cccc1Cl)C(=O)CCCN(c1cc(C)ccc1C)S(C)(=O)=O. The minimum Gasteiger partial charge on any atom is -0.355 e. The molecule has 1 atom stereocenters. The standard InChI is InChI=1S/C31H37Cl2N3O4S/c1-5-34-31(38)29(20-24-11-7-6-8-12-24)35(21-25-26(32)13-9-14-27(25)33)30(37)15-10-18-36(41(4,39)40)28-19-22(2)16-17-23(28)3/h6-9,11-14,16-17,19,29H,5,10,15,18,20-21H2,1-4H3,(H,34,38)/t29-/m0/s1. The largest absolute Gasteiger partial charge is 0.355 e. The van der Waals surface area contributed by atoms with Gasteiger partial charge in [-0.3, -0.25) is 13.9 Å². The zero-order valence-electron chi connectivity index (χ0n) is 23.9. The molecular weight excluding hydrogens is 581 g/mol. The Kier molecular flexibility index (Phi) is 11.6. The average Bonchev–Trinajstić information content (AvgIpc) is 2.91. The number of sulfonamides is 1. The molecule has 0 spiro atoms. The zero-order valence-corrected chi connectivity index (χ0v) is 26.2. The van der Waals surface area contributed by atoms with E-state index in [9.17, 15) is 18.0 Å². The van der Waals surface area contributed by atoms with Crippen LogP contribution >= 0.6 is 23.2 Å². The van der Waals surface area contributed by atoms with Gasteiger partial charge < -0.3 is 10.2 Å². The number of carbonyl (C=O) groups excluding carboxylic acids is 2. The molecule has 0 aliphatic carbocycles. The Morgan fingerprint density at radius 2 is 1.61 bits per heavy atom. The van der Waals surface area contributed by atoms with Crippen molar-refractivity contribution >= 4 is 50.7 Å². The van der Waals surface area contributed by atoms with Crippen molar-refractivity contribution in [2.24, 2.45) is 0 Å². The van der Waals surface area contributed by atoms with Gasteiger partial charge >= 0.3 is 0 Å². The highest BCUT2D eigenvalue weighted by Crippen LogP contribution is 2.28. The first-order valence-electron chi connectivity index (χ1n) is 13.5. The molecule has 41 heavy (non-hydrogen) atoms. The summed E-state index contributed by atoms with van der Waals surface area (Å²) >= 11 is 13.0. The van der Waals surface area contributed by atoms with Crippen LogP contribution in [-0.4, -0.2) is 50.5 Å². The maximum absolute atomic E-state index is 13.9. The Morgan fingerprint density at radius 1 is 0.951 bits per heavy atom. The minimum absolute atomic E-state index is 0.0175. The van der Waals surface area contributed by atoms with E-state index in [-0.39, 0.29) is 37.7 Å². The van der Waals surface area contributed by atoms with E-state index in [0.717, 1.165) is 22.9 Å². The molecule has 2 amide bonds. The summed E-state index contributed by atoms with van der Waals surface area (Å²) in [5.74, 6) is -0.594. The first-order valence-corrected chi connectivity index (χ1v) is 16.1. The van der Waals surface area contributed by atoms with Gasteiger partial charge in [-0.1, -0.05) is 71.7 Å². The lowest BCUT2D eigenvalue weighted by Crippen LogP contribution is -2.50. The lowest BCUT2D eigenvalue weighted by atomic mass is 10.0. The maximum atomic E-state index is 13.9. The van der Waals surface area contributed by atoms with E-state index >= 15 is 0 Å². The smallest absolute Gasteiger partial charge is 0.243 e. The lowest BCUT2D eigenvalue weighted by molar-refractivity contribution is -0.141. The van der Waals surface area contributed by atoms with Gasteiger partial charge in [0, 0.05) is 48.1 Å². The van der Waals surface area contributed by atoms with Crippen molar-refractivity contribution in [3.8, 4) is 0 Å². The van der Waals surface area contributed by atoms with Gasteiger partial charge in [-0.2, -0.15) is 0 Å². The van der Waals surface area contributed by atoms with Crippen LogP contribution in [0.4, 0.5) is 5.69 Å². The Morgan fingerprint density at radius 3 is 2.22 bits per heavy atom. The van der Waals surface area contributed by atoms with E-state index in [2.05, 4.69) is 5.32 Å². The van der Waals surface area contributed by atoms with Crippen LogP contribution in [0.5, 0.6) is 0 Å². The normalized spacial score (nSPS) is 12.0. The van der Waals surface area contributed by atoms with Crippen molar-refractivity contribution in [2.75, 3.05) is 23.7 Å². The van der Waals surface area contributed by atoms with Crippen molar-refractivity contribution in [2.45, 2.75) is 52.6 Å². The summed E-state index contributed by atoms with van der Waals surface area (Å²) in [4.78, 5) is 28.8. The molecule has 0 unspecified atom stereocenters. The fourth-order valence-corrected chi connectivity index (χ4v) is 6.20. The van der Waals surface area contributed by atoms with E-state index in [1.807, 2.05) is 69.3 Å². The average molecular weight is 619 g/mol. The first kappa shape index (κ1) is 32.4. The number of likely N-dealkylation sites (N-methyl/N-ethyl adjacent to an activating group) is 1. The lowest BCUT2D eigenvalue weighted by Gasteiger charge is -2.32. The minimum atomic E-state index is -3.60. The summed E-state index contributed by atoms with van der Waals surface area (Å²) in [6, 6.07) is 19.4. The number of hydrogen-bond acceptors (Lipinski definition) is 4. The molecule has 3 aromatic carbocycles. The van der Waals surface area contributed by atoms with E-state index in [0.29, 0.717) is 34.3 Å². The van der Waals surface area contributed by atoms with Gasteiger partial charge in [0.25, 0.3) is 0 Å². The molecule has 0 radical (unpaired) electrons. The van der Waals surface area contributed by atoms with Crippen LogP contribution in [0.25, 0.3) is 0 Å². The number of benzene rings is 3. The van der Waals surface area contributed by atoms with Gasteiger partial charge in [-0.15, -0.1) is 0 Å². The number of aryl methyl sites for hydroxylation is 2. The Balaban J connectivity index is 1.92. The zero-order chi connectivity index (χ0) is 30.2. The van der Waals surface area contributed by atoms with Crippen LogP contribution < -0.4 is 9.62 Å². The van der Waals surface area contributed by atoms with Crippen molar-refractivity contribution < 1.29 is 18.0 Å². The fraction of sp³-hybridized carbons (Fsp3) is 0.355. The van der Waals surface area contributed by atoms with E-state index < -0.39 is 16.1 Å². The summed E-state index contributed by atoms with van der Waals surface area (Å²) in [6.45, 7) is 6.12. The Bertz CT molecular complexity index is 1450. The fourth-order valence-electron chi connectivity index (χ4n) is 4.67. The molecule has 7 nitrogen and oxygen atoms in total. The first-order chi connectivity index (χ1) is 19.4. The molecule has 3 rings (SSSR count).